The number of benzene rings is 2. The van der Waals surface area contributed by atoms with Gasteiger partial charge in [0.2, 0.25) is 5.91 Å². The van der Waals surface area contributed by atoms with Crippen molar-refractivity contribution >= 4 is 29.9 Å². The molecular formula is C19H24ClN3O2. The van der Waals surface area contributed by atoms with Crippen molar-refractivity contribution in [3.63, 3.8) is 0 Å². The van der Waals surface area contributed by atoms with Crippen molar-refractivity contribution in [1.29, 1.82) is 0 Å². The number of carbonyl (C=O) groups is 2. The van der Waals surface area contributed by atoms with Crippen LogP contribution in [-0.2, 0) is 4.79 Å². The summed E-state index contributed by atoms with van der Waals surface area (Å²) in [4.78, 5) is 24.0. The summed E-state index contributed by atoms with van der Waals surface area (Å²) in [5.41, 5.74) is 9.10. The van der Waals surface area contributed by atoms with E-state index >= 15 is 0 Å². The lowest BCUT2D eigenvalue weighted by Crippen LogP contribution is -2.23. The van der Waals surface area contributed by atoms with E-state index in [9.17, 15) is 9.59 Å². The van der Waals surface area contributed by atoms with Gasteiger partial charge in [-0.25, -0.2) is 0 Å². The average Bonchev–Trinajstić information content (AvgIpc) is 2.57. The summed E-state index contributed by atoms with van der Waals surface area (Å²) in [6, 6.07) is 14.4. The Morgan fingerprint density at radius 3 is 2.40 bits per heavy atom. The van der Waals surface area contributed by atoms with Crippen LogP contribution < -0.4 is 16.4 Å². The predicted octanol–water partition coefficient (Wildman–Crippen LogP) is 3.20. The highest BCUT2D eigenvalue weighted by Crippen LogP contribution is 2.19. The Morgan fingerprint density at radius 1 is 1.12 bits per heavy atom. The van der Waals surface area contributed by atoms with Crippen LogP contribution in [0.3, 0.4) is 0 Å². The molecule has 2 aromatic rings. The summed E-state index contributed by atoms with van der Waals surface area (Å²) < 4.78 is 0. The van der Waals surface area contributed by atoms with E-state index in [-0.39, 0.29) is 36.7 Å². The molecule has 0 aromatic heterocycles. The van der Waals surface area contributed by atoms with Crippen LogP contribution in [0.5, 0.6) is 0 Å². The van der Waals surface area contributed by atoms with Gasteiger partial charge in [-0.15, -0.1) is 12.4 Å². The van der Waals surface area contributed by atoms with E-state index in [0.29, 0.717) is 17.8 Å². The fraction of sp³-hybridized carbons (Fsp3) is 0.263. The third kappa shape index (κ3) is 5.89. The largest absolute Gasteiger partial charge is 0.352 e. The van der Waals surface area contributed by atoms with E-state index in [1.165, 1.54) is 0 Å². The van der Waals surface area contributed by atoms with Crippen molar-refractivity contribution in [3.8, 4) is 0 Å². The highest BCUT2D eigenvalue weighted by molar-refractivity contribution is 5.96. The molecule has 0 heterocycles. The monoisotopic (exact) mass is 361 g/mol. The minimum atomic E-state index is -0.346. The molecule has 6 heteroatoms. The van der Waals surface area contributed by atoms with Crippen molar-refractivity contribution in [1.82, 2.24) is 5.32 Å². The molecule has 2 aromatic carbocycles. The third-order valence-electron chi connectivity index (χ3n) is 3.73. The molecule has 2 rings (SSSR count). The van der Waals surface area contributed by atoms with Crippen LogP contribution in [0.4, 0.5) is 5.69 Å². The van der Waals surface area contributed by atoms with Gasteiger partial charge in [0.25, 0.3) is 5.91 Å². The molecule has 0 aliphatic rings. The van der Waals surface area contributed by atoms with Gasteiger partial charge in [0.15, 0.2) is 0 Å². The Balaban J connectivity index is 0.00000312. The molecule has 0 aliphatic heterocycles. The van der Waals surface area contributed by atoms with Gasteiger partial charge < -0.3 is 16.4 Å². The number of nitrogens with two attached hydrogens (primary N) is 1. The fourth-order valence-corrected chi connectivity index (χ4v) is 2.43. The molecule has 0 radical (unpaired) electrons. The van der Waals surface area contributed by atoms with Gasteiger partial charge >= 0.3 is 0 Å². The van der Waals surface area contributed by atoms with Gasteiger partial charge in [-0.05, 0) is 43.2 Å². The van der Waals surface area contributed by atoms with Gasteiger partial charge in [-0.3, -0.25) is 9.59 Å². The van der Waals surface area contributed by atoms with Crippen LogP contribution in [0.1, 0.15) is 40.9 Å². The molecule has 0 saturated carbocycles. The fourth-order valence-electron chi connectivity index (χ4n) is 2.43. The summed E-state index contributed by atoms with van der Waals surface area (Å²) in [6.45, 7) is 4.30. The standard InChI is InChI=1S/C19H23N3O2.ClH/c1-3-21-19(24)15-9-10-17(13(2)11-15)22-18(23)12-16(20)14-7-5-4-6-8-14;/h4-11,16H,3,12,20H2,1-2H3,(H,21,24)(H,22,23);1H. The van der Waals surface area contributed by atoms with Crippen LogP contribution in [0.2, 0.25) is 0 Å². The Hall–Kier alpha value is -2.37. The summed E-state index contributed by atoms with van der Waals surface area (Å²) in [6.07, 6.45) is 0.196. The van der Waals surface area contributed by atoms with Crippen LogP contribution in [0, 0.1) is 6.92 Å². The molecule has 1 unspecified atom stereocenters. The molecule has 134 valence electrons. The minimum absolute atomic E-state index is 0. The molecule has 4 N–H and O–H groups in total. The van der Waals surface area contributed by atoms with Gasteiger partial charge in [0.05, 0.1) is 0 Å². The summed E-state index contributed by atoms with van der Waals surface area (Å²) >= 11 is 0. The maximum absolute atomic E-state index is 12.2. The number of rotatable bonds is 6. The van der Waals surface area contributed by atoms with Gasteiger partial charge in [0, 0.05) is 30.3 Å². The Kier molecular flexibility index (Phi) is 8.11. The number of aryl methyl sites for hydroxylation is 1. The Bertz CT molecular complexity index is 720. The van der Waals surface area contributed by atoms with E-state index in [0.717, 1.165) is 11.1 Å². The number of hydrogen-bond acceptors (Lipinski definition) is 3. The lowest BCUT2D eigenvalue weighted by Gasteiger charge is -2.14. The lowest BCUT2D eigenvalue weighted by molar-refractivity contribution is -0.116. The van der Waals surface area contributed by atoms with Gasteiger partial charge in [-0.1, -0.05) is 30.3 Å². The second kappa shape index (κ2) is 9.81. The molecule has 1 atom stereocenters. The second-order valence-electron chi connectivity index (χ2n) is 5.66. The highest BCUT2D eigenvalue weighted by atomic mass is 35.5. The van der Waals surface area contributed by atoms with E-state index < -0.39 is 0 Å². The highest BCUT2D eigenvalue weighted by Gasteiger charge is 2.13. The van der Waals surface area contributed by atoms with Crippen molar-refractivity contribution in [3.05, 3.63) is 65.2 Å². The molecule has 0 fully saturated rings. The first kappa shape index (κ1) is 20.7. The minimum Gasteiger partial charge on any atom is -0.352 e. The molecule has 5 nitrogen and oxygen atoms in total. The second-order valence-corrected chi connectivity index (χ2v) is 5.66. The van der Waals surface area contributed by atoms with Crippen molar-refractivity contribution < 1.29 is 9.59 Å². The SMILES string of the molecule is CCNC(=O)c1ccc(NC(=O)CC(N)c2ccccc2)c(C)c1.Cl. The van der Waals surface area contributed by atoms with Crippen LogP contribution in [0.15, 0.2) is 48.5 Å². The Labute approximate surface area is 154 Å². The Morgan fingerprint density at radius 2 is 1.80 bits per heavy atom. The van der Waals surface area contributed by atoms with Crippen molar-refractivity contribution in [2.75, 3.05) is 11.9 Å². The zero-order chi connectivity index (χ0) is 17.5. The summed E-state index contributed by atoms with van der Waals surface area (Å²) in [5, 5.41) is 5.61. The molecule has 0 bridgehead atoms. The van der Waals surface area contributed by atoms with Crippen LogP contribution in [0.25, 0.3) is 0 Å². The molecule has 0 aliphatic carbocycles. The smallest absolute Gasteiger partial charge is 0.251 e. The summed E-state index contributed by atoms with van der Waals surface area (Å²) in [5.74, 6) is -0.273. The normalized spacial score (nSPS) is 11.2. The molecule has 0 saturated heterocycles. The summed E-state index contributed by atoms with van der Waals surface area (Å²) in [7, 11) is 0. The maximum atomic E-state index is 12.2. The molecule has 25 heavy (non-hydrogen) atoms. The number of hydrogen-bond donors (Lipinski definition) is 3. The molecular weight excluding hydrogens is 338 g/mol. The number of carbonyl (C=O) groups excluding carboxylic acids is 2. The zero-order valence-corrected chi connectivity index (χ0v) is 15.2. The van der Waals surface area contributed by atoms with E-state index in [1.54, 1.807) is 18.2 Å². The number of amides is 2. The first-order valence-corrected chi connectivity index (χ1v) is 8.00. The van der Waals surface area contributed by atoms with Gasteiger partial charge in [0.1, 0.15) is 0 Å². The first-order valence-electron chi connectivity index (χ1n) is 8.00. The third-order valence-corrected chi connectivity index (χ3v) is 3.73. The zero-order valence-electron chi connectivity index (χ0n) is 14.4. The molecule has 2 amide bonds. The van der Waals surface area contributed by atoms with Gasteiger partial charge in [-0.2, -0.15) is 0 Å². The first-order chi connectivity index (χ1) is 11.5. The number of halogens is 1. The van der Waals surface area contributed by atoms with E-state index in [4.69, 9.17) is 5.73 Å². The number of nitrogens with one attached hydrogen (secondary N) is 2. The molecule has 0 spiro atoms. The topological polar surface area (TPSA) is 84.2 Å². The lowest BCUT2D eigenvalue weighted by atomic mass is 10.0. The predicted molar refractivity (Wildman–Crippen MR) is 103 cm³/mol. The van der Waals surface area contributed by atoms with E-state index in [1.807, 2.05) is 44.2 Å². The quantitative estimate of drug-likeness (QED) is 0.738. The van der Waals surface area contributed by atoms with Crippen LogP contribution in [-0.4, -0.2) is 18.4 Å². The van der Waals surface area contributed by atoms with Crippen molar-refractivity contribution in [2.45, 2.75) is 26.3 Å². The van der Waals surface area contributed by atoms with E-state index in [2.05, 4.69) is 10.6 Å². The number of anilines is 1. The maximum Gasteiger partial charge on any atom is 0.251 e. The van der Waals surface area contributed by atoms with Crippen molar-refractivity contribution in [2.24, 2.45) is 5.73 Å². The average molecular weight is 362 g/mol. The van der Waals surface area contributed by atoms with Crippen LogP contribution >= 0.6 is 12.4 Å².